The zero-order valence-electron chi connectivity index (χ0n) is 12.5. The smallest absolute Gasteiger partial charge is 0.424 e. The van der Waals surface area contributed by atoms with Gasteiger partial charge in [0.15, 0.2) is 0 Å². The lowest BCUT2D eigenvalue weighted by Gasteiger charge is -2.26. The number of hydrogen-bond acceptors (Lipinski definition) is 4. The molecule has 0 aromatic heterocycles. The molecule has 3 rings (SSSR count). The number of ether oxygens (including phenoxy) is 1. The van der Waals surface area contributed by atoms with Gasteiger partial charge in [0, 0.05) is 25.2 Å². The minimum atomic E-state index is -0.471. The summed E-state index contributed by atoms with van der Waals surface area (Å²) >= 11 is 0. The van der Waals surface area contributed by atoms with E-state index in [-0.39, 0.29) is 0 Å². The molecule has 0 aliphatic carbocycles. The molecular weight excluding hydrogens is 268 g/mol. The van der Waals surface area contributed by atoms with Gasteiger partial charge in [-0.2, -0.15) is 0 Å². The maximum Gasteiger partial charge on any atom is 0.424 e. The lowest BCUT2D eigenvalue weighted by Crippen LogP contribution is -2.39. The highest BCUT2D eigenvalue weighted by molar-refractivity contribution is 6.07. The van der Waals surface area contributed by atoms with Crippen molar-refractivity contribution in [3.8, 4) is 0 Å². The first-order valence-electron chi connectivity index (χ1n) is 7.37. The molecule has 1 amide bonds. The number of carbonyl (C=O) groups is 1. The number of rotatable bonds is 3. The van der Waals surface area contributed by atoms with E-state index in [1.54, 1.807) is 0 Å². The van der Waals surface area contributed by atoms with Crippen LogP contribution >= 0.6 is 0 Å². The first kappa shape index (κ1) is 14.2. The molecule has 0 saturated carbocycles. The van der Waals surface area contributed by atoms with Gasteiger partial charge in [-0.15, -0.1) is 4.74 Å². The van der Waals surface area contributed by atoms with E-state index in [1.165, 1.54) is 11.6 Å². The summed E-state index contributed by atoms with van der Waals surface area (Å²) in [7, 11) is 0. The first-order valence-corrected chi connectivity index (χ1v) is 7.37. The maximum absolute atomic E-state index is 11.8. The van der Waals surface area contributed by atoms with Gasteiger partial charge in [-0.3, -0.25) is 4.90 Å². The number of amides is 1. The summed E-state index contributed by atoms with van der Waals surface area (Å²) in [5, 5.41) is 13.1. The fourth-order valence-electron chi connectivity index (χ4n) is 3.10. The lowest BCUT2D eigenvalue weighted by molar-refractivity contribution is -0.115. The standard InChI is InChI=1S/C16H20N2O3/c1-11-9-13(3-4-17-5-7-21-8-6-17)12(2)14-10-15(19)18(20)16(11)14/h9-10H,3-8H2,1-2H3. The third-order valence-corrected chi connectivity index (χ3v) is 4.38. The van der Waals surface area contributed by atoms with Crippen molar-refractivity contribution in [3.05, 3.63) is 38.5 Å². The third kappa shape index (κ3) is 2.59. The number of carbonyl (C=O) groups excluding carboxylic acids is 1. The second kappa shape index (κ2) is 5.58. The molecule has 1 fully saturated rings. The van der Waals surface area contributed by atoms with Crippen LogP contribution in [0.3, 0.4) is 0 Å². The molecule has 1 saturated heterocycles. The Labute approximate surface area is 123 Å². The van der Waals surface area contributed by atoms with E-state index in [2.05, 4.69) is 4.90 Å². The van der Waals surface area contributed by atoms with Crippen molar-refractivity contribution in [1.82, 2.24) is 9.64 Å². The Balaban J connectivity index is 1.89. The molecule has 5 nitrogen and oxygen atoms in total. The first-order chi connectivity index (χ1) is 10.1. The van der Waals surface area contributed by atoms with Crippen molar-refractivity contribution in [2.45, 2.75) is 20.3 Å². The van der Waals surface area contributed by atoms with Crippen LogP contribution in [0.15, 0.2) is 6.07 Å². The minimum absolute atomic E-state index is 0.471. The number of morpholine rings is 1. The Morgan fingerprint density at radius 3 is 2.76 bits per heavy atom. The number of aryl methyl sites for hydroxylation is 1. The zero-order chi connectivity index (χ0) is 15.0. The van der Waals surface area contributed by atoms with Gasteiger partial charge in [0.05, 0.1) is 24.5 Å². The number of hydrogen-bond donors (Lipinski definition) is 0. The van der Waals surface area contributed by atoms with E-state index in [9.17, 15) is 10.0 Å². The van der Waals surface area contributed by atoms with Crippen LogP contribution in [0.4, 0.5) is 0 Å². The molecular formula is C16H20N2O3. The second-order valence-electron chi connectivity index (χ2n) is 5.72. The monoisotopic (exact) mass is 288 g/mol. The van der Waals surface area contributed by atoms with Crippen LogP contribution in [0.25, 0.3) is 6.08 Å². The number of hydroxylamine groups is 1. The van der Waals surface area contributed by atoms with Gasteiger partial charge < -0.3 is 9.94 Å². The molecule has 0 atom stereocenters. The molecule has 21 heavy (non-hydrogen) atoms. The molecule has 0 spiro atoms. The van der Waals surface area contributed by atoms with E-state index >= 15 is 0 Å². The van der Waals surface area contributed by atoms with Gasteiger partial charge >= 0.3 is 5.91 Å². The summed E-state index contributed by atoms with van der Waals surface area (Å²) in [5.41, 5.74) is 3.15. The van der Waals surface area contributed by atoms with Crippen LogP contribution in [-0.4, -0.2) is 43.7 Å². The van der Waals surface area contributed by atoms with Crippen LogP contribution in [-0.2, 0) is 16.0 Å². The maximum atomic E-state index is 11.8. The zero-order valence-corrected chi connectivity index (χ0v) is 12.5. The molecule has 112 valence electrons. The summed E-state index contributed by atoms with van der Waals surface area (Å²) in [4.78, 5) is 14.0. The Morgan fingerprint density at radius 1 is 1.33 bits per heavy atom. The van der Waals surface area contributed by atoms with Crippen LogP contribution in [0.2, 0.25) is 0 Å². The molecule has 0 radical (unpaired) electrons. The molecule has 1 aromatic carbocycles. The predicted octanol–water partition coefficient (Wildman–Crippen LogP) is -0.512. The summed E-state index contributed by atoms with van der Waals surface area (Å²) in [6, 6.07) is 2.05. The second-order valence-corrected chi connectivity index (χ2v) is 5.72. The lowest BCUT2D eigenvalue weighted by atomic mass is 9.99. The highest BCUT2D eigenvalue weighted by Crippen LogP contribution is 2.08. The van der Waals surface area contributed by atoms with Gasteiger partial charge in [0.1, 0.15) is 0 Å². The van der Waals surface area contributed by atoms with Crippen LogP contribution in [0.1, 0.15) is 16.7 Å². The molecule has 5 heteroatoms. The third-order valence-electron chi connectivity index (χ3n) is 4.38. The van der Waals surface area contributed by atoms with E-state index < -0.39 is 5.91 Å². The predicted molar refractivity (Wildman–Crippen MR) is 80.2 cm³/mol. The number of nitrogens with zero attached hydrogens (tertiary/aromatic N) is 2. The van der Waals surface area contributed by atoms with E-state index in [0.29, 0.717) is 10.1 Å². The Bertz CT molecular complexity index is 703. The van der Waals surface area contributed by atoms with Crippen molar-refractivity contribution in [3.63, 3.8) is 0 Å². The summed E-state index contributed by atoms with van der Waals surface area (Å²) in [6.45, 7) is 8.43. The number of benzene rings is 1. The summed E-state index contributed by atoms with van der Waals surface area (Å²) < 4.78 is 5.86. The van der Waals surface area contributed by atoms with E-state index in [4.69, 9.17) is 4.74 Å². The van der Waals surface area contributed by atoms with Gasteiger partial charge in [-0.05, 0) is 37.5 Å². The number of fused-ring (bicyclic) bond motifs is 1. The van der Waals surface area contributed by atoms with Gasteiger partial charge in [-0.25, -0.2) is 4.79 Å². The summed E-state index contributed by atoms with van der Waals surface area (Å²) in [5.74, 6) is -0.471. The molecule has 2 aliphatic rings. The highest BCUT2D eigenvalue weighted by atomic mass is 16.5. The summed E-state index contributed by atoms with van der Waals surface area (Å²) in [6.07, 6.45) is 2.39. The van der Waals surface area contributed by atoms with E-state index in [1.807, 2.05) is 19.9 Å². The minimum Gasteiger partial charge on any atom is -0.615 e. The molecule has 0 unspecified atom stereocenters. The van der Waals surface area contributed by atoms with Crippen LogP contribution < -0.4 is 15.3 Å². The average Bonchev–Trinajstić information content (AvgIpc) is 2.79. The van der Waals surface area contributed by atoms with Crippen molar-refractivity contribution in [2.24, 2.45) is 0 Å². The molecule has 2 aliphatic heterocycles. The Morgan fingerprint density at radius 2 is 2.05 bits per heavy atom. The fourth-order valence-corrected chi connectivity index (χ4v) is 3.10. The largest absolute Gasteiger partial charge is 0.615 e. The van der Waals surface area contributed by atoms with Gasteiger partial charge in [0.2, 0.25) is 5.36 Å². The molecule has 0 bridgehead atoms. The molecule has 1 aromatic rings. The van der Waals surface area contributed by atoms with E-state index in [0.717, 1.165) is 55.6 Å². The Kier molecular flexibility index (Phi) is 3.78. The molecule has 0 N–H and O–H groups in total. The van der Waals surface area contributed by atoms with Crippen molar-refractivity contribution >= 4 is 12.0 Å². The topological polar surface area (TPSA) is 55.6 Å². The van der Waals surface area contributed by atoms with Crippen molar-refractivity contribution in [1.29, 1.82) is 0 Å². The van der Waals surface area contributed by atoms with Crippen molar-refractivity contribution in [2.75, 3.05) is 32.8 Å². The van der Waals surface area contributed by atoms with Gasteiger partial charge in [0.25, 0.3) is 0 Å². The van der Waals surface area contributed by atoms with Crippen LogP contribution in [0.5, 0.6) is 0 Å². The van der Waals surface area contributed by atoms with Crippen molar-refractivity contribution < 1.29 is 9.53 Å². The van der Waals surface area contributed by atoms with Gasteiger partial charge in [-0.1, -0.05) is 0 Å². The SMILES string of the molecule is Cc1c(CCN2CCOCC2)cc(C)c2c1=CC(=O)[N+]=2[O-]. The van der Waals surface area contributed by atoms with Crippen LogP contribution in [0, 0.1) is 19.1 Å². The Hall–Kier alpha value is -1.72. The highest BCUT2D eigenvalue weighted by Gasteiger charge is 2.21. The quantitative estimate of drug-likeness (QED) is 0.555. The normalized spacial score (nSPS) is 18.8. The molecule has 2 heterocycles. The fraction of sp³-hybridized carbons (Fsp3) is 0.500. The average molecular weight is 288 g/mol.